The van der Waals surface area contributed by atoms with E-state index in [2.05, 4.69) is 25.9 Å². The number of aromatic amines is 1. The normalized spacial score (nSPS) is 14.0. The van der Waals surface area contributed by atoms with Crippen LogP contribution in [-0.4, -0.2) is 98.2 Å². The standard InChI is InChI=1S/C19H29N7O9/c1-9(27)16(19(34)35)26-14(29)7-23-18(33)12(2-3-15(30)31)25-13(28)6-22-17(32)11(20)4-10-5-21-8-24-10/h5,8-9,11-12,16,27H,2-4,6-7,20H2,1H3,(H,21,24)(H,22,32)(H,23,33)(H,25,28)(H,26,29)(H,30,31)(H,34,35)/t9-,11+,12+,16+/m1/s1. The summed E-state index contributed by atoms with van der Waals surface area (Å²) >= 11 is 0. The zero-order valence-electron chi connectivity index (χ0n) is 18.8. The SMILES string of the molecule is C[C@@H](O)[C@H](NC(=O)CNC(=O)[C@H](CCC(=O)O)NC(=O)CNC(=O)[C@@H](N)Cc1cnc[nH]1)C(=O)O. The molecule has 0 bridgehead atoms. The van der Waals surface area contributed by atoms with Crippen LogP contribution in [0.1, 0.15) is 25.5 Å². The predicted molar refractivity (Wildman–Crippen MR) is 116 cm³/mol. The van der Waals surface area contributed by atoms with Crippen LogP contribution < -0.4 is 27.0 Å². The number of aliphatic carboxylic acids is 2. The van der Waals surface area contributed by atoms with Gasteiger partial charge >= 0.3 is 11.9 Å². The number of aliphatic hydroxyl groups excluding tert-OH is 1. The Hall–Kier alpha value is -4.05. The fourth-order valence-corrected chi connectivity index (χ4v) is 2.71. The zero-order valence-corrected chi connectivity index (χ0v) is 18.8. The predicted octanol–water partition coefficient (Wildman–Crippen LogP) is -4.19. The summed E-state index contributed by atoms with van der Waals surface area (Å²) in [5, 5.41) is 35.9. The molecule has 16 nitrogen and oxygen atoms in total. The van der Waals surface area contributed by atoms with Gasteiger partial charge in [-0.05, 0) is 13.3 Å². The van der Waals surface area contributed by atoms with Gasteiger partial charge in [0.05, 0.1) is 31.6 Å². The number of hydrogen-bond donors (Lipinski definition) is 9. The lowest BCUT2D eigenvalue weighted by molar-refractivity contribution is -0.144. The summed E-state index contributed by atoms with van der Waals surface area (Å²) in [6.45, 7) is -0.104. The molecule has 194 valence electrons. The largest absolute Gasteiger partial charge is 0.481 e. The number of carboxylic acid groups (broad SMARTS) is 2. The van der Waals surface area contributed by atoms with Gasteiger partial charge in [0.2, 0.25) is 23.6 Å². The Morgan fingerprint density at radius 1 is 1.03 bits per heavy atom. The minimum Gasteiger partial charge on any atom is -0.481 e. The van der Waals surface area contributed by atoms with E-state index in [9.17, 15) is 33.9 Å². The molecule has 0 saturated carbocycles. The van der Waals surface area contributed by atoms with Gasteiger partial charge in [0.1, 0.15) is 6.04 Å². The number of carboxylic acids is 2. The van der Waals surface area contributed by atoms with E-state index in [-0.39, 0.29) is 12.8 Å². The Morgan fingerprint density at radius 3 is 2.14 bits per heavy atom. The first kappa shape index (κ1) is 29.0. The van der Waals surface area contributed by atoms with E-state index < -0.39 is 79.3 Å². The maximum atomic E-state index is 12.4. The van der Waals surface area contributed by atoms with E-state index in [1.165, 1.54) is 12.5 Å². The quantitative estimate of drug-likeness (QED) is 0.112. The maximum absolute atomic E-state index is 12.4. The average molecular weight is 499 g/mol. The lowest BCUT2D eigenvalue weighted by Gasteiger charge is -2.20. The molecule has 0 aromatic carbocycles. The summed E-state index contributed by atoms with van der Waals surface area (Å²) in [5.74, 6) is -6.05. The number of carbonyl (C=O) groups excluding carboxylic acids is 4. The van der Waals surface area contributed by atoms with Crippen molar-refractivity contribution in [3.8, 4) is 0 Å². The van der Waals surface area contributed by atoms with Gasteiger partial charge in [-0.15, -0.1) is 0 Å². The van der Waals surface area contributed by atoms with E-state index in [1.54, 1.807) is 0 Å². The molecule has 1 aromatic rings. The molecule has 0 aliphatic carbocycles. The van der Waals surface area contributed by atoms with Crippen molar-refractivity contribution in [1.82, 2.24) is 31.2 Å². The summed E-state index contributed by atoms with van der Waals surface area (Å²) in [6.07, 6.45) is 0.811. The van der Waals surface area contributed by atoms with Crippen molar-refractivity contribution in [2.75, 3.05) is 13.1 Å². The Bertz CT molecular complexity index is 904. The molecular weight excluding hydrogens is 470 g/mol. The summed E-state index contributed by atoms with van der Waals surface area (Å²) in [6, 6.07) is -3.96. The van der Waals surface area contributed by atoms with Gasteiger partial charge in [-0.25, -0.2) is 9.78 Å². The Labute approximate surface area is 199 Å². The molecule has 0 aliphatic heterocycles. The number of aromatic nitrogens is 2. The van der Waals surface area contributed by atoms with Crippen LogP contribution in [0.3, 0.4) is 0 Å². The second-order valence-electron chi connectivity index (χ2n) is 7.50. The highest BCUT2D eigenvalue weighted by Gasteiger charge is 2.26. The monoisotopic (exact) mass is 499 g/mol. The number of nitrogens with two attached hydrogens (primary N) is 1. The average Bonchev–Trinajstić information content (AvgIpc) is 3.29. The molecule has 10 N–H and O–H groups in total. The molecular formula is C19H29N7O9. The first-order valence-electron chi connectivity index (χ1n) is 10.4. The van der Waals surface area contributed by atoms with Crippen molar-refractivity contribution in [1.29, 1.82) is 0 Å². The van der Waals surface area contributed by atoms with Crippen LogP contribution in [0, 0.1) is 0 Å². The number of nitrogens with zero attached hydrogens (tertiary/aromatic N) is 1. The van der Waals surface area contributed by atoms with Gasteiger partial charge in [0.15, 0.2) is 6.04 Å². The van der Waals surface area contributed by atoms with Crippen LogP contribution in [0.25, 0.3) is 0 Å². The zero-order chi connectivity index (χ0) is 26.5. The first-order valence-corrected chi connectivity index (χ1v) is 10.4. The molecule has 16 heteroatoms. The smallest absolute Gasteiger partial charge is 0.328 e. The number of carbonyl (C=O) groups is 6. The molecule has 0 unspecified atom stereocenters. The second kappa shape index (κ2) is 14.3. The minimum atomic E-state index is -1.61. The summed E-state index contributed by atoms with van der Waals surface area (Å²) in [4.78, 5) is 77.0. The lowest BCUT2D eigenvalue weighted by Crippen LogP contribution is -2.54. The summed E-state index contributed by atoms with van der Waals surface area (Å²) in [7, 11) is 0. The van der Waals surface area contributed by atoms with E-state index >= 15 is 0 Å². The third-order valence-electron chi connectivity index (χ3n) is 4.54. The molecule has 4 amide bonds. The van der Waals surface area contributed by atoms with Crippen LogP contribution in [-0.2, 0) is 35.2 Å². The van der Waals surface area contributed by atoms with Crippen LogP contribution in [0.5, 0.6) is 0 Å². The summed E-state index contributed by atoms with van der Waals surface area (Å²) in [5.41, 5.74) is 6.36. The fraction of sp³-hybridized carbons (Fsp3) is 0.526. The van der Waals surface area contributed by atoms with Crippen LogP contribution in [0.2, 0.25) is 0 Å². The highest BCUT2D eigenvalue weighted by Crippen LogP contribution is 2.00. The highest BCUT2D eigenvalue weighted by molar-refractivity contribution is 5.93. The van der Waals surface area contributed by atoms with Gasteiger partial charge in [0.25, 0.3) is 0 Å². The van der Waals surface area contributed by atoms with Gasteiger partial charge in [-0.3, -0.25) is 24.0 Å². The molecule has 0 saturated heterocycles. The van der Waals surface area contributed by atoms with Gasteiger partial charge < -0.3 is 47.3 Å². The molecule has 0 radical (unpaired) electrons. The van der Waals surface area contributed by atoms with Gasteiger partial charge in [-0.2, -0.15) is 0 Å². The second-order valence-corrected chi connectivity index (χ2v) is 7.50. The number of rotatable bonds is 15. The van der Waals surface area contributed by atoms with E-state index in [0.717, 1.165) is 6.92 Å². The first-order chi connectivity index (χ1) is 16.4. The van der Waals surface area contributed by atoms with Crippen molar-refractivity contribution >= 4 is 35.6 Å². The van der Waals surface area contributed by atoms with Crippen molar-refractivity contribution in [3.05, 3.63) is 18.2 Å². The third-order valence-corrected chi connectivity index (χ3v) is 4.54. The molecule has 35 heavy (non-hydrogen) atoms. The maximum Gasteiger partial charge on any atom is 0.328 e. The molecule has 0 fully saturated rings. The third kappa shape index (κ3) is 11.1. The Kier molecular flexibility index (Phi) is 11.8. The Balaban J connectivity index is 2.60. The number of nitrogens with one attached hydrogen (secondary N) is 5. The van der Waals surface area contributed by atoms with Gasteiger partial charge in [-0.1, -0.05) is 0 Å². The topological polar surface area (TPSA) is 266 Å². The van der Waals surface area contributed by atoms with E-state index in [0.29, 0.717) is 5.69 Å². The molecule has 0 aliphatic rings. The van der Waals surface area contributed by atoms with E-state index in [4.69, 9.17) is 15.9 Å². The number of H-pyrrole nitrogens is 1. The van der Waals surface area contributed by atoms with Crippen LogP contribution in [0.15, 0.2) is 12.5 Å². The summed E-state index contributed by atoms with van der Waals surface area (Å²) < 4.78 is 0. The number of hydrogen-bond acceptors (Lipinski definition) is 9. The van der Waals surface area contributed by atoms with Crippen LogP contribution >= 0.6 is 0 Å². The molecule has 1 heterocycles. The number of amides is 4. The molecule has 1 rings (SSSR count). The Morgan fingerprint density at radius 2 is 1.63 bits per heavy atom. The van der Waals surface area contributed by atoms with Crippen molar-refractivity contribution < 1.29 is 44.1 Å². The van der Waals surface area contributed by atoms with Crippen molar-refractivity contribution in [2.45, 2.75) is 50.4 Å². The van der Waals surface area contributed by atoms with Crippen LogP contribution in [0.4, 0.5) is 0 Å². The molecule has 0 spiro atoms. The van der Waals surface area contributed by atoms with Crippen molar-refractivity contribution in [3.63, 3.8) is 0 Å². The highest BCUT2D eigenvalue weighted by atomic mass is 16.4. The number of imidazole rings is 1. The van der Waals surface area contributed by atoms with Gasteiger partial charge in [0, 0.05) is 24.7 Å². The minimum absolute atomic E-state index is 0.136. The lowest BCUT2D eigenvalue weighted by atomic mass is 10.1. The molecule has 4 atom stereocenters. The molecule has 1 aromatic heterocycles. The van der Waals surface area contributed by atoms with Crippen molar-refractivity contribution in [2.24, 2.45) is 5.73 Å². The van der Waals surface area contributed by atoms with E-state index in [1.807, 2.05) is 5.32 Å². The number of aliphatic hydroxyl groups is 1. The fourth-order valence-electron chi connectivity index (χ4n) is 2.71.